The zero-order chi connectivity index (χ0) is 14.4. The van der Waals surface area contributed by atoms with Crippen LogP contribution in [0.5, 0.6) is 11.5 Å². The number of Topliss-reactive ketones (excluding diaryl/α,β-unsaturated/α-hetero) is 1. The first-order valence-electron chi connectivity index (χ1n) is 5.56. The molecular formula is C13H14O6. The Bertz CT molecular complexity index is 506. The highest BCUT2D eigenvalue weighted by Gasteiger charge is 2.17. The lowest BCUT2D eigenvalue weighted by atomic mass is 10.1. The number of phenolic OH excluding ortho intramolecular Hbond substituents is 1. The summed E-state index contributed by atoms with van der Waals surface area (Å²) in [4.78, 5) is 33.6. The molecule has 102 valence electrons. The molecule has 1 N–H and O–H groups in total. The summed E-state index contributed by atoms with van der Waals surface area (Å²) in [5, 5.41) is 9.82. The van der Waals surface area contributed by atoms with E-state index in [4.69, 9.17) is 4.74 Å². The Labute approximate surface area is 109 Å². The summed E-state index contributed by atoms with van der Waals surface area (Å²) in [6, 6.07) is 4.24. The van der Waals surface area contributed by atoms with E-state index in [9.17, 15) is 19.5 Å². The number of carbonyl (C=O) groups is 3. The smallest absolute Gasteiger partial charge is 0.308 e. The maximum absolute atomic E-state index is 11.8. The maximum Gasteiger partial charge on any atom is 0.308 e. The summed E-state index contributed by atoms with van der Waals surface area (Å²) in [6.07, 6.45) is -0.170. The quantitative estimate of drug-likeness (QED) is 0.493. The molecular weight excluding hydrogens is 252 g/mol. The van der Waals surface area contributed by atoms with Gasteiger partial charge in [-0.15, -0.1) is 0 Å². The van der Waals surface area contributed by atoms with Crippen molar-refractivity contribution in [1.82, 2.24) is 0 Å². The van der Waals surface area contributed by atoms with Gasteiger partial charge in [0.2, 0.25) is 0 Å². The van der Waals surface area contributed by atoms with Crippen LogP contribution in [0.3, 0.4) is 0 Å². The first-order chi connectivity index (χ1) is 8.95. The Morgan fingerprint density at radius 1 is 1.21 bits per heavy atom. The Morgan fingerprint density at radius 3 is 2.47 bits per heavy atom. The third kappa shape index (κ3) is 4.09. The van der Waals surface area contributed by atoms with Crippen molar-refractivity contribution in [3.05, 3.63) is 23.8 Å². The highest BCUT2D eigenvalue weighted by Crippen LogP contribution is 2.30. The molecule has 0 atom stereocenters. The molecule has 0 saturated heterocycles. The second kappa shape index (κ2) is 6.53. The van der Waals surface area contributed by atoms with E-state index in [2.05, 4.69) is 4.74 Å². The minimum Gasteiger partial charge on any atom is -0.504 e. The lowest BCUT2D eigenvalue weighted by molar-refractivity contribution is -0.140. The van der Waals surface area contributed by atoms with Crippen LogP contribution in [-0.4, -0.2) is 29.9 Å². The standard InChI is InChI=1S/C13H14O6/c1-8(14)19-11-5-3-4-9(13(11)17)10(15)6-7-12(16)18-2/h3-5,17H,6-7H2,1-2H3. The SMILES string of the molecule is COC(=O)CCC(=O)c1cccc(OC(C)=O)c1O. The number of ether oxygens (including phenoxy) is 2. The molecule has 0 aromatic heterocycles. The van der Waals surface area contributed by atoms with Gasteiger partial charge in [0.25, 0.3) is 0 Å². The van der Waals surface area contributed by atoms with Gasteiger partial charge >= 0.3 is 11.9 Å². The fourth-order valence-corrected chi connectivity index (χ4v) is 1.44. The van der Waals surface area contributed by atoms with Crippen LogP contribution in [0, 0.1) is 0 Å². The number of rotatable bonds is 5. The van der Waals surface area contributed by atoms with Gasteiger partial charge in [-0.3, -0.25) is 14.4 Å². The highest BCUT2D eigenvalue weighted by molar-refractivity contribution is 6.00. The van der Waals surface area contributed by atoms with E-state index in [0.717, 1.165) is 0 Å². The molecule has 0 bridgehead atoms. The Kier molecular flexibility index (Phi) is 5.05. The summed E-state index contributed by atoms with van der Waals surface area (Å²) in [5.74, 6) is -2.04. The number of aromatic hydroxyl groups is 1. The Morgan fingerprint density at radius 2 is 1.89 bits per heavy atom. The first kappa shape index (κ1) is 14.7. The van der Waals surface area contributed by atoms with E-state index in [1.807, 2.05) is 0 Å². The van der Waals surface area contributed by atoms with Crippen LogP contribution < -0.4 is 4.74 Å². The number of methoxy groups -OCH3 is 1. The molecule has 1 aromatic carbocycles. The average molecular weight is 266 g/mol. The topological polar surface area (TPSA) is 89.9 Å². The number of phenols is 1. The molecule has 0 radical (unpaired) electrons. The monoisotopic (exact) mass is 266 g/mol. The van der Waals surface area contributed by atoms with Gasteiger partial charge in [-0.05, 0) is 12.1 Å². The Balaban J connectivity index is 2.85. The molecule has 0 aliphatic heterocycles. The number of ketones is 1. The fourth-order valence-electron chi connectivity index (χ4n) is 1.44. The molecule has 0 amide bonds. The predicted molar refractivity (Wildman–Crippen MR) is 65.0 cm³/mol. The summed E-state index contributed by atoms with van der Waals surface area (Å²) in [6.45, 7) is 1.19. The van der Waals surface area contributed by atoms with E-state index >= 15 is 0 Å². The van der Waals surface area contributed by atoms with E-state index < -0.39 is 23.5 Å². The van der Waals surface area contributed by atoms with Crippen LogP contribution in [0.15, 0.2) is 18.2 Å². The van der Waals surface area contributed by atoms with E-state index in [1.165, 1.54) is 32.2 Å². The second-order valence-corrected chi connectivity index (χ2v) is 3.75. The molecule has 6 nitrogen and oxygen atoms in total. The minimum absolute atomic E-state index is 0.00246. The number of benzene rings is 1. The normalized spacial score (nSPS) is 9.79. The third-order valence-corrected chi connectivity index (χ3v) is 2.34. The van der Waals surface area contributed by atoms with Crippen LogP contribution in [0.4, 0.5) is 0 Å². The molecule has 0 unspecified atom stereocenters. The van der Waals surface area contributed by atoms with E-state index in [-0.39, 0.29) is 24.2 Å². The van der Waals surface area contributed by atoms with Crippen LogP contribution in [0.2, 0.25) is 0 Å². The number of esters is 2. The van der Waals surface area contributed by atoms with Crippen molar-refractivity contribution in [3.63, 3.8) is 0 Å². The summed E-state index contributed by atoms with van der Waals surface area (Å²) in [7, 11) is 1.23. The maximum atomic E-state index is 11.8. The molecule has 1 rings (SSSR count). The lowest BCUT2D eigenvalue weighted by Crippen LogP contribution is -2.07. The lowest BCUT2D eigenvalue weighted by Gasteiger charge is -2.08. The van der Waals surface area contributed by atoms with Gasteiger partial charge in [0.1, 0.15) is 0 Å². The second-order valence-electron chi connectivity index (χ2n) is 3.75. The summed E-state index contributed by atoms with van der Waals surface area (Å²) < 4.78 is 9.17. The predicted octanol–water partition coefficient (Wildman–Crippen LogP) is 1.45. The van der Waals surface area contributed by atoms with Crippen LogP contribution in [0.25, 0.3) is 0 Å². The van der Waals surface area contributed by atoms with Crippen molar-refractivity contribution >= 4 is 17.7 Å². The summed E-state index contributed by atoms with van der Waals surface area (Å²) >= 11 is 0. The van der Waals surface area contributed by atoms with E-state index in [1.54, 1.807) is 0 Å². The first-order valence-corrected chi connectivity index (χ1v) is 5.56. The molecule has 0 spiro atoms. The molecule has 0 fully saturated rings. The summed E-state index contributed by atoms with van der Waals surface area (Å²) in [5.41, 5.74) is 0.00246. The van der Waals surface area contributed by atoms with Crippen molar-refractivity contribution in [2.45, 2.75) is 19.8 Å². The molecule has 6 heteroatoms. The van der Waals surface area contributed by atoms with Crippen molar-refractivity contribution in [3.8, 4) is 11.5 Å². The third-order valence-electron chi connectivity index (χ3n) is 2.34. The van der Waals surface area contributed by atoms with Crippen LogP contribution in [0.1, 0.15) is 30.1 Å². The zero-order valence-electron chi connectivity index (χ0n) is 10.6. The van der Waals surface area contributed by atoms with E-state index in [0.29, 0.717) is 0 Å². The largest absolute Gasteiger partial charge is 0.504 e. The molecule has 1 aromatic rings. The van der Waals surface area contributed by atoms with Gasteiger partial charge in [0.05, 0.1) is 19.1 Å². The van der Waals surface area contributed by atoms with Crippen molar-refractivity contribution in [2.75, 3.05) is 7.11 Å². The zero-order valence-corrected chi connectivity index (χ0v) is 10.6. The minimum atomic E-state index is -0.602. The Hall–Kier alpha value is -2.37. The van der Waals surface area contributed by atoms with Gasteiger partial charge in [-0.25, -0.2) is 0 Å². The number of carbonyl (C=O) groups excluding carboxylic acids is 3. The molecule has 0 aliphatic rings. The number of hydrogen-bond donors (Lipinski definition) is 1. The molecule has 0 aliphatic carbocycles. The van der Waals surface area contributed by atoms with Crippen LogP contribution in [-0.2, 0) is 14.3 Å². The van der Waals surface area contributed by atoms with Gasteiger partial charge < -0.3 is 14.6 Å². The molecule has 0 saturated carbocycles. The van der Waals surface area contributed by atoms with Gasteiger partial charge in [-0.1, -0.05) is 6.07 Å². The van der Waals surface area contributed by atoms with Gasteiger partial charge in [0.15, 0.2) is 17.3 Å². The van der Waals surface area contributed by atoms with Gasteiger partial charge in [-0.2, -0.15) is 0 Å². The van der Waals surface area contributed by atoms with Crippen molar-refractivity contribution in [1.29, 1.82) is 0 Å². The molecule has 0 heterocycles. The average Bonchev–Trinajstić information content (AvgIpc) is 2.37. The van der Waals surface area contributed by atoms with Crippen molar-refractivity contribution < 1.29 is 29.0 Å². The number of para-hydroxylation sites is 1. The molecule has 19 heavy (non-hydrogen) atoms. The van der Waals surface area contributed by atoms with Gasteiger partial charge in [0, 0.05) is 13.3 Å². The van der Waals surface area contributed by atoms with Crippen LogP contribution >= 0.6 is 0 Å². The van der Waals surface area contributed by atoms with Crippen molar-refractivity contribution in [2.24, 2.45) is 0 Å². The highest BCUT2D eigenvalue weighted by atomic mass is 16.5. The fraction of sp³-hybridized carbons (Fsp3) is 0.308. The number of hydrogen-bond acceptors (Lipinski definition) is 6.